The first-order chi connectivity index (χ1) is 8.72. The van der Waals surface area contributed by atoms with Crippen LogP contribution in [0.2, 0.25) is 0 Å². The molecular weight excluding hydrogens is 296 g/mol. The Morgan fingerprint density at radius 3 is 2.78 bits per heavy atom. The molecule has 18 heavy (non-hydrogen) atoms. The van der Waals surface area contributed by atoms with Gasteiger partial charge in [-0.2, -0.15) is 0 Å². The standard InChI is InChI=1S/C13H21BrN2O2/c1-15-10-11-3-4-12(14)9-13(11)16(5-7-17)6-8-18-2/h3-4,9,15,17H,5-8,10H2,1-2H3. The van der Waals surface area contributed by atoms with Gasteiger partial charge in [-0.15, -0.1) is 0 Å². The molecular formula is C13H21BrN2O2. The lowest BCUT2D eigenvalue weighted by atomic mass is 10.1. The molecule has 0 saturated heterocycles. The summed E-state index contributed by atoms with van der Waals surface area (Å²) in [6, 6.07) is 6.20. The lowest BCUT2D eigenvalue weighted by Crippen LogP contribution is -2.31. The summed E-state index contributed by atoms with van der Waals surface area (Å²) in [5.74, 6) is 0. The molecule has 2 N–H and O–H groups in total. The van der Waals surface area contributed by atoms with Crippen LogP contribution in [0.5, 0.6) is 0 Å². The van der Waals surface area contributed by atoms with Crippen LogP contribution in [0, 0.1) is 0 Å². The minimum atomic E-state index is 0.134. The predicted molar refractivity (Wildman–Crippen MR) is 78.1 cm³/mol. The monoisotopic (exact) mass is 316 g/mol. The molecule has 4 nitrogen and oxygen atoms in total. The number of aliphatic hydroxyl groups is 1. The highest BCUT2D eigenvalue weighted by Crippen LogP contribution is 2.25. The molecule has 0 heterocycles. The Labute approximate surface area is 117 Å². The fourth-order valence-electron chi connectivity index (χ4n) is 1.85. The highest BCUT2D eigenvalue weighted by atomic mass is 79.9. The van der Waals surface area contributed by atoms with Crippen LogP contribution in [0.3, 0.4) is 0 Å². The number of ether oxygens (including phenoxy) is 1. The van der Waals surface area contributed by atoms with E-state index >= 15 is 0 Å². The van der Waals surface area contributed by atoms with E-state index in [0.717, 1.165) is 23.2 Å². The van der Waals surface area contributed by atoms with Crippen LogP contribution in [-0.4, -0.2) is 45.6 Å². The number of hydrogen-bond donors (Lipinski definition) is 2. The molecule has 0 aliphatic rings. The number of nitrogens with zero attached hydrogens (tertiary/aromatic N) is 1. The quantitative estimate of drug-likeness (QED) is 0.765. The Balaban J connectivity index is 2.95. The van der Waals surface area contributed by atoms with Crippen molar-refractivity contribution in [2.24, 2.45) is 0 Å². The van der Waals surface area contributed by atoms with E-state index in [1.165, 1.54) is 5.56 Å². The Bertz CT molecular complexity index is 361. The van der Waals surface area contributed by atoms with Crippen LogP contribution >= 0.6 is 15.9 Å². The van der Waals surface area contributed by atoms with Gasteiger partial charge in [-0.05, 0) is 24.7 Å². The summed E-state index contributed by atoms with van der Waals surface area (Å²) in [4.78, 5) is 2.14. The Hall–Kier alpha value is -0.620. The fourth-order valence-corrected chi connectivity index (χ4v) is 2.20. The van der Waals surface area contributed by atoms with Gasteiger partial charge in [0, 0.05) is 36.9 Å². The van der Waals surface area contributed by atoms with E-state index in [2.05, 4.69) is 38.3 Å². The molecule has 0 atom stereocenters. The molecule has 0 radical (unpaired) electrons. The highest BCUT2D eigenvalue weighted by molar-refractivity contribution is 9.10. The van der Waals surface area contributed by atoms with Crippen molar-refractivity contribution in [2.75, 3.05) is 45.4 Å². The molecule has 0 saturated carbocycles. The minimum absolute atomic E-state index is 0.134. The molecule has 0 unspecified atom stereocenters. The van der Waals surface area contributed by atoms with Gasteiger partial charge in [-0.25, -0.2) is 0 Å². The number of benzene rings is 1. The third-order valence-electron chi connectivity index (χ3n) is 2.69. The van der Waals surface area contributed by atoms with Gasteiger partial charge in [0.1, 0.15) is 0 Å². The largest absolute Gasteiger partial charge is 0.395 e. The Kier molecular flexibility index (Phi) is 7.27. The van der Waals surface area contributed by atoms with E-state index in [0.29, 0.717) is 13.2 Å². The maximum Gasteiger partial charge on any atom is 0.0637 e. The normalized spacial score (nSPS) is 10.7. The molecule has 0 spiro atoms. The molecule has 0 aromatic heterocycles. The number of aliphatic hydroxyl groups excluding tert-OH is 1. The van der Waals surface area contributed by atoms with Gasteiger partial charge in [0.05, 0.1) is 13.2 Å². The van der Waals surface area contributed by atoms with Crippen LogP contribution in [0.25, 0.3) is 0 Å². The first-order valence-electron chi connectivity index (χ1n) is 6.00. The van der Waals surface area contributed by atoms with Crippen molar-refractivity contribution in [2.45, 2.75) is 6.54 Å². The SMILES string of the molecule is CNCc1ccc(Br)cc1N(CCO)CCOC. The average molecular weight is 317 g/mol. The van der Waals surface area contributed by atoms with Crippen molar-refractivity contribution >= 4 is 21.6 Å². The molecule has 0 aliphatic heterocycles. The minimum Gasteiger partial charge on any atom is -0.395 e. The molecule has 0 aliphatic carbocycles. The molecule has 1 aromatic rings. The topological polar surface area (TPSA) is 44.7 Å². The van der Waals surface area contributed by atoms with Crippen LogP contribution in [0.1, 0.15) is 5.56 Å². The number of anilines is 1. The molecule has 0 fully saturated rings. The number of hydrogen-bond acceptors (Lipinski definition) is 4. The molecule has 1 rings (SSSR count). The molecule has 102 valence electrons. The maximum absolute atomic E-state index is 9.18. The Morgan fingerprint density at radius 2 is 2.17 bits per heavy atom. The van der Waals surface area contributed by atoms with E-state index in [1.807, 2.05) is 13.1 Å². The second-order valence-corrected chi connectivity index (χ2v) is 4.92. The second-order valence-electron chi connectivity index (χ2n) is 4.01. The zero-order valence-electron chi connectivity index (χ0n) is 10.9. The van der Waals surface area contributed by atoms with Crippen molar-refractivity contribution in [3.8, 4) is 0 Å². The molecule has 0 bridgehead atoms. The predicted octanol–water partition coefficient (Wildman–Crippen LogP) is 1.61. The molecule has 1 aromatic carbocycles. The zero-order valence-corrected chi connectivity index (χ0v) is 12.5. The summed E-state index contributed by atoms with van der Waals surface area (Å²) in [5, 5.41) is 12.3. The summed E-state index contributed by atoms with van der Waals surface area (Å²) in [6.07, 6.45) is 0. The summed E-state index contributed by atoms with van der Waals surface area (Å²) >= 11 is 3.49. The van der Waals surface area contributed by atoms with Gasteiger partial charge in [-0.1, -0.05) is 22.0 Å². The summed E-state index contributed by atoms with van der Waals surface area (Å²) in [6.45, 7) is 2.96. The van der Waals surface area contributed by atoms with Gasteiger partial charge in [-0.3, -0.25) is 0 Å². The van der Waals surface area contributed by atoms with Crippen molar-refractivity contribution < 1.29 is 9.84 Å². The van der Waals surface area contributed by atoms with Gasteiger partial charge in [0.2, 0.25) is 0 Å². The maximum atomic E-state index is 9.18. The summed E-state index contributed by atoms with van der Waals surface area (Å²) in [5.41, 5.74) is 2.34. The van der Waals surface area contributed by atoms with Gasteiger partial charge in [0.15, 0.2) is 0 Å². The third kappa shape index (κ3) is 4.57. The van der Waals surface area contributed by atoms with E-state index in [-0.39, 0.29) is 6.61 Å². The number of methoxy groups -OCH3 is 1. The number of nitrogens with one attached hydrogen (secondary N) is 1. The summed E-state index contributed by atoms with van der Waals surface area (Å²) < 4.78 is 6.16. The highest BCUT2D eigenvalue weighted by Gasteiger charge is 2.11. The van der Waals surface area contributed by atoms with Crippen LogP contribution < -0.4 is 10.2 Å². The molecule has 0 amide bonds. The smallest absolute Gasteiger partial charge is 0.0637 e. The van der Waals surface area contributed by atoms with Crippen molar-refractivity contribution in [3.05, 3.63) is 28.2 Å². The fraction of sp³-hybridized carbons (Fsp3) is 0.538. The second kappa shape index (κ2) is 8.48. The van der Waals surface area contributed by atoms with Crippen LogP contribution in [0.15, 0.2) is 22.7 Å². The molecule has 5 heteroatoms. The zero-order chi connectivity index (χ0) is 13.4. The van der Waals surface area contributed by atoms with E-state index < -0.39 is 0 Å². The van der Waals surface area contributed by atoms with Gasteiger partial charge < -0.3 is 20.1 Å². The first kappa shape index (κ1) is 15.4. The average Bonchev–Trinajstić information content (AvgIpc) is 2.37. The lowest BCUT2D eigenvalue weighted by molar-refractivity contribution is 0.203. The van der Waals surface area contributed by atoms with Crippen LogP contribution in [0.4, 0.5) is 5.69 Å². The van der Waals surface area contributed by atoms with E-state index in [1.54, 1.807) is 7.11 Å². The third-order valence-corrected chi connectivity index (χ3v) is 3.18. The van der Waals surface area contributed by atoms with Crippen LogP contribution in [-0.2, 0) is 11.3 Å². The van der Waals surface area contributed by atoms with Gasteiger partial charge in [0.25, 0.3) is 0 Å². The Morgan fingerprint density at radius 1 is 1.39 bits per heavy atom. The van der Waals surface area contributed by atoms with Gasteiger partial charge >= 0.3 is 0 Å². The summed E-state index contributed by atoms with van der Waals surface area (Å²) in [7, 11) is 3.61. The van der Waals surface area contributed by atoms with Crippen molar-refractivity contribution in [1.82, 2.24) is 5.32 Å². The van der Waals surface area contributed by atoms with Crippen molar-refractivity contribution in [1.29, 1.82) is 0 Å². The number of halogens is 1. The lowest BCUT2D eigenvalue weighted by Gasteiger charge is -2.26. The van der Waals surface area contributed by atoms with E-state index in [4.69, 9.17) is 4.74 Å². The number of rotatable bonds is 8. The first-order valence-corrected chi connectivity index (χ1v) is 6.80. The van der Waals surface area contributed by atoms with E-state index in [9.17, 15) is 5.11 Å². The van der Waals surface area contributed by atoms with Crippen molar-refractivity contribution in [3.63, 3.8) is 0 Å².